The van der Waals surface area contributed by atoms with E-state index in [0.717, 1.165) is 22.5 Å². The van der Waals surface area contributed by atoms with Crippen LogP contribution in [0.1, 0.15) is 11.5 Å². The third-order valence-corrected chi connectivity index (χ3v) is 5.94. The number of aromatic nitrogens is 7. The number of imidazole rings is 1. The van der Waals surface area contributed by atoms with Crippen LogP contribution in [0.15, 0.2) is 71.9 Å². The van der Waals surface area contributed by atoms with Gasteiger partial charge in [0.2, 0.25) is 0 Å². The fraction of sp³-hybridized carbons (Fsp3) is 0.120. The molecule has 2 N–H and O–H groups in total. The van der Waals surface area contributed by atoms with Crippen molar-refractivity contribution < 1.29 is 9.53 Å². The smallest absolute Gasteiger partial charge is 0.411 e. The Morgan fingerprint density at radius 1 is 1.11 bits per heavy atom. The maximum atomic E-state index is 13.0. The second kappa shape index (κ2) is 10.1. The summed E-state index contributed by atoms with van der Waals surface area (Å²) in [6.45, 7) is 2.18. The lowest BCUT2D eigenvalue weighted by Crippen LogP contribution is -2.20. The van der Waals surface area contributed by atoms with Crippen molar-refractivity contribution in [1.29, 1.82) is 0 Å². The van der Waals surface area contributed by atoms with Crippen LogP contribution < -0.4 is 10.9 Å². The number of benzene rings is 2. The van der Waals surface area contributed by atoms with Crippen LogP contribution in [0.3, 0.4) is 0 Å². The van der Waals surface area contributed by atoms with E-state index in [1.807, 2.05) is 25.1 Å². The summed E-state index contributed by atoms with van der Waals surface area (Å²) in [6.07, 6.45) is 2.66. The number of anilines is 1. The number of carbonyl (C=O) groups is 1. The Kier molecular flexibility index (Phi) is 6.52. The van der Waals surface area contributed by atoms with Crippen LogP contribution >= 0.6 is 11.6 Å². The number of aryl methyl sites for hydroxylation is 1. The van der Waals surface area contributed by atoms with Gasteiger partial charge in [-0.05, 0) is 59.3 Å². The fourth-order valence-corrected chi connectivity index (χ4v) is 4.11. The lowest BCUT2D eigenvalue weighted by atomic mass is 10.0. The largest absolute Gasteiger partial charge is 0.453 e. The maximum Gasteiger partial charge on any atom is 0.411 e. The molecular formula is C25H21ClN8O3. The van der Waals surface area contributed by atoms with Crippen molar-refractivity contribution >= 4 is 23.4 Å². The number of H-pyrrole nitrogens is 1. The first-order valence-corrected chi connectivity index (χ1v) is 11.5. The topological polar surface area (TPSA) is 133 Å². The number of ether oxygens (including phenoxy) is 1. The van der Waals surface area contributed by atoms with Gasteiger partial charge in [-0.25, -0.2) is 9.78 Å². The number of pyridine rings is 1. The molecule has 5 aromatic rings. The number of carbonyl (C=O) groups excluding carboxylic acids is 1. The zero-order chi connectivity index (χ0) is 25.9. The van der Waals surface area contributed by atoms with Crippen LogP contribution in [0.5, 0.6) is 0 Å². The minimum absolute atomic E-state index is 0.200. The van der Waals surface area contributed by atoms with E-state index in [9.17, 15) is 9.59 Å². The van der Waals surface area contributed by atoms with Gasteiger partial charge in [-0.1, -0.05) is 23.7 Å². The zero-order valence-corrected chi connectivity index (χ0v) is 20.6. The lowest BCUT2D eigenvalue weighted by molar-refractivity contribution is 0.187. The van der Waals surface area contributed by atoms with E-state index in [1.54, 1.807) is 47.2 Å². The summed E-state index contributed by atoms with van der Waals surface area (Å²) < 4.78 is 7.69. The molecule has 0 aliphatic heterocycles. The summed E-state index contributed by atoms with van der Waals surface area (Å²) in [5, 5.41) is 14.5. The van der Waals surface area contributed by atoms with Crippen LogP contribution in [0.4, 0.5) is 10.5 Å². The third-order valence-electron chi connectivity index (χ3n) is 5.71. The summed E-state index contributed by atoms with van der Waals surface area (Å²) in [5.74, 6) is 0.635. The van der Waals surface area contributed by atoms with Crippen LogP contribution in [-0.4, -0.2) is 47.9 Å². The van der Waals surface area contributed by atoms with Gasteiger partial charge in [0.05, 0.1) is 25.0 Å². The number of amides is 1. The Bertz CT molecular complexity index is 1620. The van der Waals surface area contributed by atoms with Gasteiger partial charge in [-0.15, -0.1) is 5.10 Å². The van der Waals surface area contributed by atoms with Gasteiger partial charge < -0.3 is 14.3 Å². The first kappa shape index (κ1) is 23.9. The highest BCUT2D eigenvalue weighted by Crippen LogP contribution is 2.28. The minimum atomic E-state index is -0.538. The number of methoxy groups -OCH3 is 1. The molecule has 0 aliphatic carbocycles. The molecule has 0 saturated carbocycles. The van der Waals surface area contributed by atoms with Crippen molar-refractivity contribution in [2.24, 2.45) is 0 Å². The second-order valence-corrected chi connectivity index (χ2v) is 8.58. The molecule has 0 unspecified atom stereocenters. The Balaban J connectivity index is 1.39. The van der Waals surface area contributed by atoms with Gasteiger partial charge >= 0.3 is 6.09 Å². The summed E-state index contributed by atoms with van der Waals surface area (Å²) in [5.41, 5.74) is 5.01. The molecule has 2 aromatic carbocycles. The molecule has 0 aliphatic rings. The molecule has 3 aromatic heterocycles. The summed E-state index contributed by atoms with van der Waals surface area (Å²) in [7, 11) is 1.31. The number of rotatable bonds is 6. The van der Waals surface area contributed by atoms with Crippen LogP contribution in [0, 0.1) is 6.92 Å². The summed E-state index contributed by atoms with van der Waals surface area (Å²) in [4.78, 5) is 32.3. The van der Waals surface area contributed by atoms with Gasteiger partial charge in [0.25, 0.3) is 5.56 Å². The van der Waals surface area contributed by atoms with E-state index in [0.29, 0.717) is 27.8 Å². The molecule has 3 heterocycles. The van der Waals surface area contributed by atoms with Gasteiger partial charge in [0.1, 0.15) is 12.2 Å². The molecule has 5 rings (SSSR count). The molecule has 1 amide bonds. The molecule has 37 heavy (non-hydrogen) atoms. The predicted molar refractivity (Wildman–Crippen MR) is 138 cm³/mol. The standard InChI is InChI=1S/C25H21ClN8O3/c1-15-24(16-3-6-19(7-4-16)29-25(36)37-2)30-22(28-15)13-33-10-9-17(11-23(33)35)20-12-18(26)5-8-21(20)34-14-27-31-32-34/h3-12,14H,13H2,1-2H3,(H,28,30)(H,29,36). The van der Waals surface area contributed by atoms with Gasteiger partial charge in [0, 0.05) is 39.8 Å². The van der Waals surface area contributed by atoms with Crippen LogP contribution in [-0.2, 0) is 11.3 Å². The Morgan fingerprint density at radius 2 is 1.92 bits per heavy atom. The average molecular weight is 517 g/mol. The molecule has 0 spiro atoms. The number of nitrogens with zero attached hydrogens (tertiary/aromatic N) is 6. The molecule has 0 fully saturated rings. The number of halogens is 1. The highest BCUT2D eigenvalue weighted by Gasteiger charge is 2.13. The molecule has 11 nitrogen and oxygen atoms in total. The van der Waals surface area contributed by atoms with Gasteiger partial charge in [-0.2, -0.15) is 4.68 Å². The predicted octanol–water partition coefficient (Wildman–Crippen LogP) is 4.07. The SMILES string of the molecule is COC(=O)Nc1ccc(-c2nc(Cn3ccc(-c4cc(Cl)ccc4-n4cnnn4)cc3=O)[nH]c2C)cc1. The maximum absolute atomic E-state index is 13.0. The van der Waals surface area contributed by atoms with E-state index in [2.05, 4.69) is 30.6 Å². The molecule has 186 valence electrons. The van der Waals surface area contributed by atoms with E-state index in [1.165, 1.54) is 18.1 Å². The van der Waals surface area contributed by atoms with Crippen LogP contribution in [0.2, 0.25) is 5.02 Å². The minimum Gasteiger partial charge on any atom is -0.453 e. The van der Waals surface area contributed by atoms with Crippen molar-refractivity contribution in [3.8, 4) is 28.1 Å². The number of hydrogen-bond acceptors (Lipinski definition) is 7. The van der Waals surface area contributed by atoms with Crippen molar-refractivity contribution in [3.05, 3.63) is 94.0 Å². The van der Waals surface area contributed by atoms with Crippen molar-refractivity contribution in [2.75, 3.05) is 12.4 Å². The molecular weight excluding hydrogens is 496 g/mol. The molecule has 0 saturated heterocycles. The highest BCUT2D eigenvalue weighted by atomic mass is 35.5. The zero-order valence-electron chi connectivity index (χ0n) is 19.8. The first-order chi connectivity index (χ1) is 17.9. The molecule has 12 heteroatoms. The molecule has 0 atom stereocenters. The average Bonchev–Trinajstić information content (AvgIpc) is 3.55. The number of tetrazole rings is 1. The Labute approximate surface area is 215 Å². The van der Waals surface area contributed by atoms with Crippen molar-refractivity contribution in [1.82, 2.24) is 34.7 Å². The monoisotopic (exact) mass is 516 g/mol. The van der Waals surface area contributed by atoms with E-state index in [-0.39, 0.29) is 12.1 Å². The Hall–Kier alpha value is -4.77. The highest BCUT2D eigenvalue weighted by molar-refractivity contribution is 6.31. The summed E-state index contributed by atoms with van der Waals surface area (Å²) in [6, 6.07) is 15.9. The van der Waals surface area contributed by atoms with Gasteiger partial charge in [-0.3, -0.25) is 10.1 Å². The van der Waals surface area contributed by atoms with Crippen molar-refractivity contribution in [3.63, 3.8) is 0 Å². The van der Waals surface area contributed by atoms with Crippen molar-refractivity contribution in [2.45, 2.75) is 13.5 Å². The van der Waals surface area contributed by atoms with Crippen LogP contribution in [0.25, 0.3) is 28.1 Å². The number of aromatic amines is 1. The number of nitrogens with one attached hydrogen (secondary N) is 2. The third kappa shape index (κ3) is 5.11. The summed E-state index contributed by atoms with van der Waals surface area (Å²) >= 11 is 6.23. The molecule has 0 radical (unpaired) electrons. The fourth-order valence-electron chi connectivity index (χ4n) is 3.94. The lowest BCUT2D eigenvalue weighted by Gasteiger charge is -2.11. The van der Waals surface area contributed by atoms with E-state index >= 15 is 0 Å². The van der Waals surface area contributed by atoms with Gasteiger partial charge in [0.15, 0.2) is 0 Å². The Morgan fingerprint density at radius 3 is 2.62 bits per heavy atom. The van der Waals surface area contributed by atoms with E-state index < -0.39 is 6.09 Å². The first-order valence-electron chi connectivity index (χ1n) is 11.2. The second-order valence-electron chi connectivity index (χ2n) is 8.15. The normalized spacial score (nSPS) is 10.9. The number of hydrogen-bond donors (Lipinski definition) is 2. The van der Waals surface area contributed by atoms with E-state index in [4.69, 9.17) is 16.6 Å². The quantitative estimate of drug-likeness (QED) is 0.347. The molecule has 0 bridgehead atoms.